The number of hydrogen-bond donors (Lipinski definition) is 1. The fourth-order valence-corrected chi connectivity index (χ4v) is 10.9. The van der Waals surface area contributed by atoms with E-state index in [0.29, 0.717) is 0 Å². The summed E-state index contributed by atoms with van der Waals surface area (Å²) < 4.78 is 6.21. The van der Waals surface area contributed by atoms with Gasteiger partial charge in [0.05, 0.1) is 0 Å². The molecular weight excluding hydrogens is 753 g/mol. The van der Waals surface area contributed by atoms with E-state index < -0.39 is 0 Å². The molecule has 12 rings (SSSR count). The monoisotopic (exact) mass is 796 g/mol. The van der Waals surface area contributed by atoms with Gasteiger partial charge >= 0.3 is 0 Å². The van der Waals surface area contributed by atoms with Crippen LogP contribution in [0.2, 0.25) is 0 Å². The normalized spacial score (nSPS) is 14.1. The van der Waals surface area contributed by atoms with Crippen molar-refractivity contribution in [1.29, 1.82) is 0 Å². The van der Waals surface area contributed by atoms with Crippen LogP contribution in [0.25, 0.3) is 99.8 Å². The van der Waals surface area contributed by atoms with Crippen LogP contribution in [0.1, 0.15) is 49.9 Å². The predicted octanol–water partition coefficient (Wildman–Crippen LogP) is 16.2. The minimum atomic E-state index is -0.314. The van der Waals surface area contributed by atoms with Crippen molar-refractivity contribution in [3.8, 4) is 83.6 Å². The molecule has 0 amide bonds. The van der Waals surface area contributed by atoms with Gasteiger partial charge in [-0.15, -0.1) is 0 Å². The van der Waals surface area contributed by atoms with Gasteiger partial charge in [0.1, 0.15) is 16.9 Å². The van der Waals surface area contributed by atoms with Crippen molar-refractivity contribution >= 4 is 21.9 Å². The van der Waals surface area contributed by atoms with Crippen molar-refractivity contribution in [3.05, 3.63) is 210 Å². The van der Waals surface area contributed by atoms with Gasteiger partial charge in [-0.2, -0.15) is 0 Å². The average Bonchev–Trinajstić information content (AvgIpc) is 3.88. The molecule has 0 radical (unpaired) electrons. The van der Waals surface area contributed by atoms with Crippen molar-refractivity contribution in [3.63, 3.8) is 0 Å². The molecule has 2 aliphatic rings. The second-order valence-corrected chi connectivity index (χ2v) is 18.2. The van der Waals surface area contributed by atoms with Gasteiger partial charge in [-0.25, -0.2) is 0 Å². The number of hydrogen-bond acceptors (Lipinski definition) is 2. The Bertz CT molecular complexity index is 3460. The number of furan rings is 1. The maximum Gasteiger partial charge on any atom is 0.135 e. The second kappa shape index (κ2) is 13.3. The maximum absolute atomic E-state index is 11.0. The number of phenols is 1. The zero-order valence-electron chi connectivity index (χ0n) is 35.3. The van der Waals surface area contributed by atoms with Gasteiger partial charge < -0.3 is 9.52 Å². The Morgan fingerprint density at radius 2 is 0.871 bits per heavy atom. The Morgan fingerprint density at radius 1 is 0.339 bits per heavy atom. The average molecular weight is 797 g/mol. The molecule has 0 bridgehead atoms. The van der Waals surface area contributed by atoms with Crippen LogP contribution < -0.4 is 0 Å². The molecule has 0 fully saturated rings. The molecule has 2 aliphatic carbocycles. The van der Waals surface area contributed by atoms with Crippen LogP contribution in [0.4, 0.5) is 0 Å². The van der Waals surface area contributed by atoms with Gasteiger partial charge in [0.15, 0.2) is 0 Å². The molecule has 1 aromatic heterocycles. The van der Waals surface area contributed by atoms with Gasteiger partial charge in [-0.05, 0) is 149 Å². The SMILES string of the molecule is CC1(C)c2cc(-c3ccc(O)c(-c4ccccc4)c3)ccc2-c2c1c(-c1cccc(-c3ccccc3)c1)cc1c2C(C)(C)c2cc(-c3ccc4oc5ccccc5c4c3)ccc2-1. The van der Waals surface area contributed by atoms with Crippen molar-refractivity contribution in [2.24, 2.45) is 0 Å². The molecule has 296 valence electrons. The van der Waals surface area contributed by atoms with E-state index >= 15 is 0 Å². The number of phenolic OH excluding ortho intramolecular Hbond substituents is 1. The van der Waals surface area contributed by atoms with Crippen molar-refractivity contribution in [1.82, 2.24) is 0 Å². The van der Waals surface area contributed by atoms with Gasteiger partial charge in [0.2, 0.25) is 0 Å². The first-order valence-electron chi connectivity index (χ1n) is 21.6. The molecule has 9 aromatic carbocycles. The third-order valence-electron chi connectivity index (χ3n) is 13.9. The topological polar surface area (TPSA) is 33.4 Å². The molecule has 1 heterocycles. The largest absolute Gasteiger partial charge is 0.507 e. The zero-order valence-corrected chi connectivity index (χ0v) is 35.3. The molecule has 0 saturated heterocycles. The molecule has 0 aliphatic heterocycles. The first-order valence-corrected chi connectivity index (χ1v) is 21.6. The Balaban J connectivity index is 1.06. The molecule has 10 aromatic rings. The van der Waals surface area contributed by atoms with E-state index in [4.69, 9.17) is 4.42 Å². The van der Waals surface area contributed by atoms with Gasteiger partial charge in [0, 0.05) is 27.2 Å². The van der Waals surface area contributed by atoms with E-state index in [1.165, 1.54) is 77.9 Å². The van der Waals surface area contributed by atoms with Crippen molar-refractivity contribution < 1.29 is 9.52 Å². The highest BCUT2D eigenvalue weighted by molar-refractivity contribution is 6.06. The summed E-state index contributed by atoms with van der Waals surface area (Å²) in [5.41, 5.74) is 23.3. The van der Waals surface area contributed by atoms with E-state index in [1.807, 2.05) is 42.5 Å². The third kappa shape index (κ3) is 5.36. The molecule has 62 heavy (non-hydrogen) atoms. The lowest BCUT2D eigenvalue weighted by atomic mass is 9.74. The van der Waals surface area contributed by atoms with E-state index in [0.717, 1.165) is 44.2 Å². The van der Waals surface area contributed by atoms with E-state index in [9.17, 15) is 5.11 Å². The van der Waals surface area contributed by atoms with Crippen molar-refractivity contribution in [2.75, 3.05) is 0 Å². The van der Waals surface area contributed by atoms with Gasteiger partial charge in [-0.3, -0.25) is 0 Å². The maximum atomic E-state index is 11.0. The molecule has 2 heteroatoms. The second-order valence-electron chi connectivity index (χ2n) is 18.2. The molecule has 0 spiro atoms. The van der Waals surface area contributed by atoms with Gasteiger partial charge in [-0.1, -0.05) is 161 Å². The van der Waals surface area contributed by atoms with Crippen LogP contribution >= 0.6 is 0 Å². The summed E-state index contributed by atoms with van der Waals surface area (Å²) in [6, 6.07) is 67.6. The quantitative estimate of drug-likeness (QED) is 0.188. The van der Waals surface area contributed by atoms with Crippen LogP contribution in [0, 0.1) is 0 Å². The number of benzene rings is 9. The molecule has 1 N–H and O–H groups in total. The van der Waals surface area contributed by atoms with E-state index in [1.54, 1.807) is 0 Å². The molecule has 0 saturated carbocycles. The number of fused-ring (bicyclic) bond motifs is 10. The first kappa shape index (κ1) is 36.4. The number of rotatable bonds is 5. The summed E-state index contributed by atoms with van der Waals surface area (Å²) in [6.07, 6.45) is 0. The molecule has 2 nitrogen and oxygen atoms in total. The lowest BCUT2D eigenvalue weighted by Crippen LogP contribution is -2.19. The lowest BCUT2D eigenvalue weighted by molar-refractivity contribution is 0.477. The fourth-order valence-electron chi connectivity index (χ4n) is 10.9. The van der Waals surface area contributed by atoms with Crippen LogP contribution in [-0.4, -0.2) is 5.11 Å². The summed E-state index contributed by atoms with van der Waals surface area (Å²) in [5.74, 6) is 0.285. The molecular formula is C60H44O2. The third-order valence-corrected chi connectivity index (χ3v) is 13.9. The summed E-state index contributed by atoms with van der Waals surface area (Å²) >= 11 is 0. The zero-order chi connectivity index (χ0) is 41.9. The molecule has 0 unspecified atom stereocenters. The van der Waals surface area contributed by atoms with E-state index in [-0.39, 0.29) is 16.6 Å². The Morgan fingerprint density at radius 3 is 1.63 bits per heavy atom. The summed E-state index contributed by atoms with van der Waals surface area (Å²) in [4.78, 5) is 0. The van der Waals surface area contributed by atoms with Gasteiger partial charge in [0.25, 0.3) is 0 Å². The summed E-state index contributed by atoms with van der Waals surface area (Å²) in [7, 11) is 0. The fraction of sp³-hybridized carbons (Fsp3) is 0.100. The summed E-state index contributed by atoms with van der Waals surface area (Å²) in [5, 5.41) is 13.3. The first-order chi connectivity index (χ1) is 30.1. The number of aromatic hydroxyl groups is 1. The van der Waals surface area contributed by atoms with Crippen LogP contribution in [0.5, 0.6) is 5.75 Å². The highest BCUT2D eigenvalue weighted by Gasteiger charge is 2.46. The standard InChI is InChI=1S/C60H44O2/c1-59(2)51-33-41(40-25-29-55-49(32-40)45-20-11-12-21-54(45)62-55)22-26-44(51)50-35-48(43-19-13-18-38(30-43)36-14-7-5-8-15-36)57-56(58(50)59)46-27-23-42(34-52(46)60(57,3)4)39-24-28-53(61)47(31-39)37-16-9-6-10-17-37/h5-35,61H,1-4H3. The van der Waals surface area contributed by atoms with Crippen LogP contribution in [0.15, 0.2) is 192 Å². The smallest absolute Gasteiger partial charge is 0.135 e. The van der Waals surface area contributed by atoms with E-state index in [2.05, 4.69) is 173 Å². The highest BCUT2D eigenvalue weighted by Crippen LogP contribution is 2.62. The van der Waals surface area contributed by atoms with Crippen molar-refractivity contribution in [2.45, 2.75) is 38.5 Å². The minimum absolute atomic E-state index is 0.278. The Hall–Kier alpha value is -7.42. The highest BCUT2D eigenvalue weighted by atomic mass is 16.3. The Labute approximate surface area is 362 Å². The predicted molar refractivity (Wildman–Crippen MR) is 258 cm³/mol. The van der Waals surface area contributed by atoms with Crippen LogP contribution in [0.3, 0.4) is 0 Å². The Kier molecular flexibility index (Phi) is 7.81. The summed E-state index contributed by atoms with van der Waals surface area (Å²) in [6.45, 7) is 9.66. The molecule has 0 atom stereocenters. The lowest BCUT2D eigenvalue weighted by Gasteiger charge is -2.29. The number of para-hydroxylation sites is 1. The van der Waals surface area contributed by atoms with Crippen LogP contribution in [-0.2, 0) is 10.8 Å². The minimum Gasteiger partial charge on any atom is -0.507 e.